The van der Waals surface area contributed by atoms with E-state index in [2.05, 4.69) is 4.84 Å². The van der Waals surface area contributed by atoms with E-state index in [1.165, 1.54) is 0 Å². The molecule has 0 rings (SSSR count). The minimum absolute atomic E-state index is 0. The Morgan fingerprint density at radius 1 is 1.15 bits per heavy atom. The summed E-state index contributed by atoms with van der Waals surface area (Å²) in [4.78, 5) is 12.9. The van der Waals surface area contributed by atoms with Gasteiger partial charge < -0.3 is 37.3 Å². The molecule has 0 fully saturated rings. The van der Waals surface area contributed by atoms with E-state index in [0.717, 1.165) is 0 Å². The van der Waals surface area contributed by atoms with E-state index in [0.29, 0.717) is 0 Å². The predicted octanol–water partition coefficient (Wildman–Crippen LogP) is -6.12. The Kier molecular flexibility index (Phi) is 166. The zero-order valence-electron chi connectivity index (χ0n) is 6.74. The SMILES string of the molecule is O.O.O.O.O.O=[N+]([O-])OCCO.[BiH3]. The Labute approximate surface area is 92.3 Å². The topological polar surface area (TPSA) is 230 Å². The minimum atomic E-state index is -0.948. The molecule has 0 bridgehead atoms. The summed E-state index contributed by atoms with van der Waals surface area (Å²) in [5.74, 6) is 0. The number of aliphatic hydroxyl groups is 1. The average Bonchev–Trinajstić information content (AvgIpc) is 1.61. The van der Waals surface area contributed by atoms with Gasteiger partial charge in [0.1, 0.15) is 6.61 Å². The van der Waals surface area contributed by atoms with Gasteiger partial charge >= 0.3 is 26.2 Å². The molecule has 0 aliphatic carbocycles. The van der Waals surface area contributed by atoms with Gasteiger partial charge in [-0.2, -0.15) is 0 Å². The first-order valence-corrected chi connectivity index (χ1v) is 1.65. The standard InChI is InChI=1S/C2H5NO4.Bi.5H2O.3H/c4-1-2-7-3(5)6;;;;;;;;;/h4H,1-2H2;;5*1H2;;;. The van der Waals surface area contributed by atoms with Crippen molar-refractivity contribution in [2.75, 3.05) is 13.2 Å². The van der Waals surface area contributed by atoms with Crippen molar-refractivity contribution >= 4 is 26.2 Å². The van der Waals surface area contributed by atoms with Crippen LogP contribution in [-0.2, 0) is 4.84 Å². The maximum absolute atomic E-state index is 9.23. The summed E-state index contributed by atoms with van der Waals surface area (Å²) >= 11 is 0. The van der Waals surface area contributed by atoms with Gasteiger partial charge in [0, 0.05) is 0 Å². The van der Waals surface area contributed by atoms with Crippen LogP contribution in [0.15, 0.2) is 0 Å². The third kappa shape index (κ3) is 77.7. The van der Waals surface area contributed by atoms with Crippen molar-refractivity contribution in [3.05, 3.63) is 10.1 Å². The fourth-order valence-electron chi connectivity index (χ4n) is 0.115. The van der Waals surface area contributed by atoms with Crippen LogP contribution in [0.25, 0.3) is 0 Å². The van der Waals surface area contributed by atoms with Crippen LogP contribution in [0, 0.1) is 10.1 Å². The predicted molar refractivity (Wildman–Crippen MR) is 48.0 cm³/mol. The molecule has 0 saturated heterocycles. The van der Waals surface area contributed by atoms with Gasteiger partial charge in [-0.05, 0) is 0 Å². The van der Waals surface area contributed by atoms with Gasteiger partial charge in [-0.15, -0.1) is 10.1 Å². The second kappa shape index (κ2) is 40.8. The van der Waals surface area contributed by atoms with Crippen molar-refractivity contribution in [2.45, 2.75) is 0 Å². The number of hydrogen-bond acceptors (Lipinski definition) is 4. The van der Waals surface area contributed by atoms with E-state index >= 15 is 0 Å². The monoisotopic (exact) mass is 409 g/mol. The number of rotatable bonds is 3. The summed E-state index contributed by atoms with van der Waals surface area (Å²) in [7, 11) is 0. The Morgan fingerprint density at radius 3 is 1.54 bits per heavy atom. The molecule has 0 atom stereocenters. The summed E-state index contributed by atoms with van der Waals surface area (Å²) in [5.41, 5.74) is 0. The molecule has 11 heteroatoms. The normalized spacial score (nSPS) is 4.38. The van der Waals surface area contributed by atoms with E-state index in [9.17, 15) is 10.1 Å². The quantitative estimate of drug-likeness (QED) is 0.272. The van der Waals surface area contributed by atoms with E-state index in [1.54, 1.807) is 0 Å². The molecule has 10 nitrogen and oxygen atoms in total. The number of aliphatic hydroxyl groups excluding tert-OH is 1. The molecule has 0 aliphatic heterocycles. The summed E-state index contributed by atoms with van der Waals surface area (Å²) in [5, 5.41) is 16.2. The van der Waals surface area contributed by atoms with E-state index < -0.39 is 5.09 Å². The average molecular weight is 409 g/mol. The Balaban J connectivity index is -0.0000000120. The van der Waals surface area contributed by atoms with Crippen molar-refractivity contribution in [3.63, 3.8) is 0 Å². The first-order valence-electron chi connectivity index (χ1n) is 1.65. The fraction of sp³-hybridized carbons (Fsp3) is 1.00. The second-order valence-corrected chi connectivity index (χ2v) is 0.780. The van der Waals surface area contributed by atoms with Gasteiger partial charge in [0.05, 0.1) is 6.61 Å². The van der Waals surface area contributed by atoms with Gasteiger partial charge in [0.15, 0.2) is 0 Å². The third-order valence-electron chi connectivity index (χ3n) is 0.288. The molecule has 0 amide bonds. The van der Waals surface area contributed by atoms with Gasteiger partial charge in [0.25, 0.3) is 5.09 Å². The summed E-state index contributed by atoms with van der Waals surface area (Å²) in [6.07, 6.45) is 0. The van der Waals surface area contributed by atoms with Crippen LogP contribution in [0.3, 0.4) is 0 Å². The molecule has 11 N–H and O–H groups in total. The Bertz CT molecular complexity index is 70.6. The number of nitrogens with zero attached hydrogens (tertiary/aromatic N) is 1. The van der Waals surface area contributed by atoms with Crippen molar-refractivity contribution in [1.82, 2.24) is 0 Å². The van der Waals surface area contributed by atoms with Gasteiger partial charge in [-0.25, -0.2) is 0 Å². The zero-order chi connectivity index (χ0) is 5.70. The Hall–Kier alpha value is -0.157. The zero-order valence-corrected chi connectivity index (χ0v) is 12.2. The van der Waals surface area contributed by atoms with Crippen molar-refractivity contribution in [3.8, 4) is 0 Å². The van der Waals surface area contributed by atoms with Crippen LogP contribution in [-0.4, -0.2) is 77.0 Å². The Morgan fingerprint density at radius 2 is 1.46 bits per heavy atom. The van der Waals surface area contributed by atoms with E-state index in [4.69, 9.17) is 5.11 Å². The van der Waals surface area contributed by atoms with E-state index in [-0.39, 0.29) is 66.8 Å². The molecule has 90 valence electrons. The number of hydrogen-bond donors (Lipinski definition) is 1. The van der Waals surface area contributed by atoms with Gasteiger partial charge in [0.2, 0.25) is 0 Å². The van der Waals surface area contributed by atoms with Gasteiger partial charge in [-0.3, -0.25) is 0 Å². The molecule has 0 aliphatic rings. The maximum atomic E-state index is 9.23. The van der Waals surface area contributed by atoms with Crippen LogP contribution < -0.4 is 0 Å². The van der Waals surface area contributed by atoms with E-state index in [1.807, 2.05) is 0 Å². The third-order valence-corrected chi connectivity index (χ3v) is 0.288. The summed E-state index contributed by atoms with van der Waals surface area (Å²) in [6, 6.07) is 0. The first kappa shape index (κ1) is 52.8. The van der Waals surface area contributed by atoms with Crippen LogP contribution in [0.2, 0.25) is 0 Å². The molecular formula is C2H18BiNO9. The molecule has 0 aromatic heterocycles. The fourth-order valence-corrected chi connectivity index (χ4v) is 0.115. The van der Waals surface area contributed by atoms with Crippen LogP contribution >= 0.6 is 0 Å². The molecule has 0 saturated carbocycles. The van der Waals surface area contributed by atoms with Crippen LogP contribution in [0.1, 0.15) is 0 Å². The molecule has 0 aromatic rings. The summed E-state index contributed by atoms with van der Waals surface area (Å²) in [6.45, 7) is -0.562. The summed E-state index contributed by atoms with van der Waals surface area (Å²) < 4.78 is 0. The molecule has 0 radical (unpaired) electrons. The van der Waals surface area contributed by atoms with Gasteiger partial charge in [-0.1, -0.05) is 0 Å². The molecule has 13 heavy (non-hydrogen) atoms. The van der Waals surface area contributed by atoms with Crippen molar-refractivity contribution in [2.24, 2.45) is 0 Å². The first-order chi connectivity index (χ1) is 3.27. The van der Waals surface area contributed by atoms with Crippen LogP contribution in [0.4, 0.5) is 0 Å². The van der Waals surface area contributed by atoms with Crippen molar-refractivity contribution < 1.29 is 42.4 Å². The molecule has 0 unspecified atom stereocenters. The molecular weight excluding hydrogens is 391 g/mol. The molecule has 0 spiro atoms. The van der Waals surface area contributed by atoms with Crippen LogP contribution in [0.5, 0.6) is 0 Å². The second-order valence-electron chi connectivity index (χ2n) is 0.780. The van der Waals surface area contributed by atoms with Crippen molar-refractivity contribution in [1.29, 1.82) is 0 Å². The molecule has 0 aromatic carbocycles. The molecule has 0 heterocycles.